The highest BCUT2D eigenvalue weighted by molar-refractivity contribution is 5.94. The van der Waals surface area contributed by atoms with Crippen LogP contribution in [0.4, 0.5) is 0 Å². The molecule has 2 unspecified atom stereocenters. The van der Waals surface area contributed by atoms with E-state index in [1.807, 2.05) is 37.3 Å². The van der Waals surface area contributed by atoms with Crippen LogP contribution in [0.2, 0.25) is 0 Å². The van der Waals surface area contributed by atoms with E-state index in [1.54, 1.807) is 17.6 Å². The summed E-state index contributed by atoms with van der Waals surface area (Å²) in [6.45, 7) is 2.62. The molecular formula is C21H27N3O5. The first-order valence-corrected chi connectivity index (χ1v) is 9.48. The highest BCUT2D eigenvalue weighted by atomic mass is 16.7. The van der Waals surface area contributed by atoms with Crippen LogP contribution < -0.4 is 10.8 Å². The molecule has 0 fully saturated rings. The molecule has 0 aliphatic heterocycles. The zero-order valence-electron chi connectivity index (χ0n) is 16.4. The minimum Gasteiger partial charge on any atom is -0.356 e. The molecule has 0 radical (unpaired) electrons. The van der Waals surface area contributed by atoms with Crippen molar-refractivity contribution in [3.8, 4) is 0 Å². The number of aromatic nitrogens is 1. The van der Waals surface area contributed by atoms with E-state index in [1.165, 1.54) is 12.4 Å². The Morgan fingerprint density at radius 1 is 1.10 bits per heavy atom. The molecule has 1 heterocycles. The summed E-state index contributed by atoms with van der Waals surface area (Å²) in [4.78, 5) is 28.7. The molecule has 0 saturated carbocycles. The number of hydroxylamine groups is 1. The van der Waals surface area contributed by atoms with Gasteiger partial charge in [0.15, 0.2) is 0 Å². The van der Waals surface area contributed by atoms with E-state index in [2.05, 4.69) is 10.3 Å². The first kappa shape index (κ1) is 22.5. The van der Waals surface area contributed by atoms with Crippen LogP contribution in [0.1, 0.15) is 29.3 Å². The van der Waals surface area contributed by atoms with E-state index in [4.69, 9.17) is 14.7 Å². The average molecular weight is 401 g/mol. The Bertz CT molecular complexity index is 742. The summed E-state index contributed by atoms with van der Waals surface area (Å²) in [5, 5.41) is 12.1. The molecule has 0 aliphatic carbocycles. The number of benzene rings is 1. The number of carbonyl (C=O) groups excluding carboxylic acids is 2. The van der Waals surface area contributed by atoms with E-state index in [9.17, 15) is 9.59 Å². The number of nitrogens with zero attached hydrogens (tertiary/aromatic N) is 1. The normalized spacial score (nSPS) is 12.8. The molecule has 1 aromatic heterocycles. The summed E-state index contributed by atoms with van der Waals surface area (Å²) in [6.07, 6.45) is 3.77. The van der Waals surface area contributed by atoms with Crippen molar-refractivity contribution in [2.75, 3.05) is 20.0 Å². The first-order valence-electron chi connectivity index (χ1n) is 9.48. The molecule has 0 spiro atoms. The van der Waals surface area contributed by atoms with Gasteiger partial charge in [-0.25, -0.2) is 5.48 Å². The number of nitrogens with one attached hydrogen (secondary N) is 2. The van der Waals surface area contributed by atoms with Gasteiger partial charge in [0.2, 0.25) is 5.91 Å². The van der Waals surface area contributed by atoms with Crippen LogP contribution in [0.3, 0.4) is 0 Å². The van der Waals surface area contributed by atoms with Crippen LogP contribution in [0, 0.1) is 5.92 Å². The van der Waals surface area contributed by atoms with Crippen molar-refractivity contribution >= 4 is 11.8 Å². The van der Waals surface area contributed by atoms with Gasteiger partial charge in [0.05, 0.1) is 12.6 Å². The summed E-state index contributed by atoms with van der Waals surface area (Å²) >= 11 is 0. The second-order valence-corrected chi connectivity index (χ2v) is 6.49. The van der Waals surface area contributed by atoms with Gasteiger partial charge in [-0.1, -0.05) is 30.3 Å². The topological polar surface area (TPSA) is 110 Å². The van der Waals surface area contributed by atoms with E-state index in [0.717, 1.165) is 5.56 Å². The molecule has 0 bridgehead atoms. The molecule has 2 atom stereocenters. The predicted octanol–water partition coefficient (Wildman–Crippen LogP) is 1.94. The molecule has 0 aliphatic rings. The van der Waals surface area contributed by atoms with Crippen LogP contribution in [0.5, 0.6) is 0 Å². The van der Waals surface area contributed by atoms with Crippen LogP contribution in [-0.4, -0.2) is 48.1 Å². The number of amides is 2. The monoisotopic (exact) mass is 401 g/mol. The molecule has 1 aromatic carbocycles. The Kier molecular flexibility index (Phi) is 9.77. The van der Waals surface area contributed by atoms with E-state index >= 15 is 0 Å². The minimum atomic E-state index is -0.555. The van der Waals surface area contributed by atoms with Crippen molar-refractivity contribution in [2.45, 2.75) is 25.8 Å². The van der Waals surface area contributed by atoms with E-state index in [-0.39, 0.29) is 25.7 Å². The molecule has 8 heteroatoms. The predicted molar refractivity (Wildman–Crippen MR) is 106 cm³/mol. The second-order valence-electron chi connectivity index (χ2n) is 6.49. The highest BCUT2D eigenvalue weighted by Gasteiger charge is 2.25. The Morgan fingerprint density at radius 3 is 2.48 bits per heavy atom. The second kappa shape index (κ2) is 12.6. The van der Waals surface area contributed by atoms with Crippen molar-refractivity contribution < 1.29 is 24.3 Å². The number of pyridine rings is 1. The lowest BCUT2D eigenvalue weighted by Gasteiger charge is -2.23. The smallest absolute Gasteiger partial charge is 0.251 e. The van der Waals surface area contributed by atoms with Gasteiger partial charge < -0.3 is 14.8 Å². The highest BCUT2D eigenvalue weighted by Crippen LogP contribution is 2.16. The summed E-state index contributed by atoms with van der Waals surface area (Å²) in [6, 6.07) is 12.2. The van der Waals surface area contributed by atoms with Gasteiger partial charge in [-0.15, -0.1) is 0 Å². The third kappa shape index (κ3) is 7.98. The van der Waals surface area contributed by atoms with Crippen molar-refractivity contribution in [2.24, 2.45) is 5.92 Å². The lowest BCUT2D eigenvalue weighted by Crippen LogP contribution is -2.42. The largest absolute Gasteiger partial charge is 0.356 e. The van der Waals surface area contributed by atoms with E-state index in [0.29, 0.717) is 18.6 Å². The van der Waals surface area contributed by atoms with Crippen molar-refractivity contribution in [1.82, 2.24) is 15.8 Å². The van der Waals surface area contributed by atoms with Crippen LogP contribution in [0.15, 0.2) is 54.9 Å². The lowest BCUT2D eigenvalue weighted by molar-refractivity contribution is -0.134. The Morgan fingerprint density at radius 2 is 1.83 bits per heavy atom. The molecule has 2 aromatic rings. The van der Waals surface area contributed by atoms with Gasteiger partial charge in [-0.3, -0.25) is 19.8 Å². The SMILES string of the molecule is CCOCOCC(CC(Cc1ccccc1)C(=O)NO)NC(=O)c1ccncc1. The molecule has 2 amide bonds. The third-order valence-electron chi connectivity index (χ3n) is 4.34. The fourth-order valence-electron chi connectivity index (χ4n) is 2.89. The van der Waals surface area contributed by atoms with Gasteiger partial charge in [0.1, 0.15) is 6.79 Å². The van der Waals surface area contributed by atoms with Gasteiger partial charge in [0.25, 0.3) is 5.91 Å². The number of ether oxygens (including phenoxy) is 2. The summed E-state index contributed by atoms with van der Waals surface area (Å²) in [5.74, 6) is -1.36. The Balaban J connectivity index is 2.08. The van der Waals surface area contributed by atoms with Crippen LogP contribution in [-0.2, 0) is 20.7 Å². The maximum atomic E-state index is 12.5. The minimum absolute atomic E-state index is 0.0909. The third-order valence-corrected chi connectivity index (χ3v) is 4.34. The van der Waals surface area contributed by atoms with Gasteiger partial charge >= 0.3 is 0 Å². The molecule has 2 rings (SSSR count). The first-order chi connectivity index (χ1) is 14.1. The lowest BCUT2D eigenvalue weighted by atomic mass is 9.92. The van der Waals surface area contributed by atoms with Crippen molar-refractivity contribution in [1.29, 1.82) is 0 Å². The number of carbonyl (C=O) groups is 2. The molecule has 3 N–H and O–H groups in total. The van der Waals surface area contributed by atoms with Crippen LogP contribution in [0.25, 0.3) is 0 Å². The molecule has 0 saturated heterocycles. The molecule has 156 valence electrons. The summed E-state index contributed by atoms with van der Waals surface area (Å²) in [5.41, 5.74) is 3.14. The fraction of sp³-hybridized carbons (Fsp3) is 0.381. The molecular weight excluding hydrogens is 374 g/mol. The zero-order chi connectivity index (χ0) is 20.9. The number of hydrogen-bond donors (Lipinski definition) is 3. The maximum Gasteiger partial charge on any atom is 0.251 e. The number of rotatable bonds is 12. The molecule has 29 heavy (non-hydrogen) atoms. The van der Waals surface area contributed by atoms with Gasteiger partial charge in [-0.2, -0.15) is 0 Å². The Labute approximate surface area is 170 Å². The zero-order valence-corrected chi connectivity index (χ0v) is 16.4. The quantitative estimate of drug-likeness (QED) is 0.217. The van der Waals surface area contributed by atoms with E-state index < -0.39 is 17.9 Å². The summed E-state index contributed by atoms with van der Waals surface area (Å²) < 4.78 is 10.7. The van der Waals surface area contributed by atoms with Crippen LogP contribution >= 0.6 is 0 Å². The fourth-order valence-corrected chi connectivity index (χ4v) is 2.89. The van der Waals surface area contributed by atoms with Crippen molar-refractivity contribution in [3.05, 3.63) is 66.0 Å². The standard InChI is InChI=1S/C21H27N3O5/c1-2-28-15-29-14-19(23-20(25)17-8-10-22-11-9-17)13-18(21(26)24-27)12-16-6-4-3-5-7-16/h3-11,18-19,27H,2,12-15H2,1H3,(H,23,25)(H,24,26). The van der Waals surface area contributed by atoms with Crippen molar-refractivity contribution in [3.63, 3.8) is 0 Å². The molecule has 8 nitrogen and oxygen atoms in total. The maximum absolute atomic E-state index is 12.5. The average Bonchev–Trinajstić information content (AvgIpc) is 2.76. The van der Waals surface area contributed by atoms with Gasteiger partial charge in [-0.05, 0) is 37.5 Å². The Hall–Kier alpha value is -2.81. The summed E-state index contributed by atoms with van der Waals surface area (Å²) in [7, 11) is 0. The van der Waals surface area contributed by atoms with Gasteiger partial charge in [0, 0.05) is 30.5 Å². The number of hydrogen-bond acceptors (Lipinski definition) is 6.